The number of sulfonamides is 1. The Morgan fingerprint density at radius 3 is 2.25 bits per heavy atom. The maximum atomic E-state index is 13.2. The summed E-state index contributed by atoms with van der Waals surface area (Å²) in [4.78, 5) is 1.78. The average molecular weight is 396 g/mol. The van der Waals surface area contributed by atoms with Gasteiger partial charge >= 0.3 is 0 Å². The molecule has 0 bridgehead atoms. The molecule has 5 rings (SSSR count). The molecule has 1 fully saturated rings. The van der Waals surface area contributed by atoms with Crippen molar-refractivity contribution in [3.63, 3.8) is 0 Å². The molecule has 4 N–H and O–H groups in total. The summed E-state index contributed by atoms with van der Waals surface area (Å²) in [5.74, 6) is 0. The van der Waals surface area contributed by atoms with Crippen molar-refractivity contribution in [2.75, 3.05) is 26.2 Å². The third-order valence-corrected chi connectivity index (χ3v) is 7.54. The molecular weight excluding hydrogens is 370 g/mol. The standard InChI is InChI=1S/C22H23N3O2S/c26-28(27,17-8-2-1-3-9-17)24-21-18-10-4-6-16-7-5-11-19(20(16)18)22(21)25-14-12-23-13-15-25/h1-11,21-24H,12-15H2/p+2/t21-,22+/m1/s1. The largest absolute Gasteiger partial charge is 0.337 e. The van der Waals surface area contributed by atoms with Crippen LogP contribution in [-0.4, -0.2) is 34.6 Å². The number of nitrogens with one attached hydrogen (secondary N) is 2. The summed E-state index contributed by atoms with van der Waals surface area (Å²) >= 11 is 0. The Bertz CT molecular complexity index is 1100. The normalized spacial score (nSPS) is 22.6. The molecule has 0 unspecified atom stereocenters. The van der Waals surface area contributed by atoms with Gasteiger partial charge in [0.25, 0.3) is 0 Å². The van der Waals surface area contributed by atoms with Gasteiger partial charge in [0.1, 0.15) is 38.3 Å². The first-order chi connectivity index (χ1) is 13.6. The number of benzene rings is 3. The Morgan fingerprint density at radius 2 is 1.54 bits per heavy atom. The van der Waals surface area contributed by atoms with E-state index in [-0.39, 0.29) is 12.1 Å². The molecule has 6 heteroatoms. The van der Waals surface area contributed by atoms with Crippen molar-refractivity contribution in [3.8, 4) is 0 Å². The van der Waals surface area contributed by atoms with E-state index < -0.39 is 10.0 Å². The van der Waals surface area contributed by atoms with Gasteiger partial charge < -0.3 is 10.2 Å². The van der Waals surface area contributed by atoms with E-state index in [0.717, 1.165) is 31.7 Å². The van der Waals surface area contributed by atoms with Crippen molar-refractivity contribution in [2.24, 2.45) is 0 Å². The van der Waals surface area contributed by atoms with E-state index >= 15 is 0 Å². The predicted molar refractivity (Wildman–Crippen MR) is 109 cm³/mol. The third kappa shape index (κ3) is 2.93. The molecule has 0 saturated carbocycles. The number of piperazine rings is 1. The molecule has 0 aromatic heterocycles. The summed E-state index contributed by atoms with van der Waals surface area (Å²) in [6, 6.07) is 21.2. The second-order valence-electron chi connectivity index (χ2n) is 7.71. The maximum absolute atomic E-state index is 13.2. The predicted octanol–water partition coefficient (Wildman–Crippen LogP) is 0.376. The van der Waals surface area contributed by atoms with E-state index in [0.29, 0.717) is 4.90 Å². The zero-order chi connectivity index (χ0) is 19.1. The lowest BCUT2D eigenvalue weighted by atomic mass is 10.0. The van der Waals surface area contributed by atoms with Crippen molar-refractivity contribution < 1.29 is 18.6 Å². The number of rotatable bonds is 4. The summed E-state index contributed by atoms with van der Waals surface area (Å²) in [5.41, 5.74) is 2.37. The fraction of sp³-hybridized carbons (Fsp3) is 0.273. The van der Waals surface area contributed by atoms with Crippen LogP contribution in [-0.2, 0) is 10.0 Å². The van der Waals surface area contributed by atoms with Gasteiger partial charge in [-0.2, -0.15) is 4.72 Å². The molecular formula is C22H25N3O2S+2. The molecule has 1 saturated heterocycles. The fourth-order valence-electron chi connectivity index (χ4n) is 4.85. The van der Waals surface area contributed by atoms with Gasteiger partial charge in [-0.1, -0.05) is 54.6 Å². The molecule has 0 radical (unpaired) electrons. The molecule has 1 aliphatic carbocycles. The van der Waals surface area contributed by atoms with Crippen molar-refractivity contribution in [2.45, 2.75) is 17.0 Å². The van der Waals surface area contributed by atoms with E-state index in [2.05, 4.69) is 40.4 Å². The van der Waals surface area contributed by atoms with Gasteiger partial charge in [-0.25, -0.2) is 8.42 Å². The lowest BCUT2D eigenvalue weighted by Crippen LogP contribution is -3.21. The Morgan fingerprint density at radius 1 is 0.857 bits per heavy atom. The number of hydrogen-bond donors (Lipinski definition) is 3. The maximum Gasteiger partial charge on any atom is 0.241 e. The van der Waals surface area contributed by atoms with Crippen LogP contribution in [0.5, 0.6) is 0 Å². The highest BCUT2D eigenvalue weighted by atomic mass is 32.2. The summed E-state index contributed by atoms with van der Waals surface area (Å²) in [6.07, 6.45) is 0. The SMILES string of the molecule is O=S(=O)(N[C@@H]1c2cccc3cccc(c23)[C@@H]1[NH+]1CC[NH2+]CC1)c1ccccc1. The first kappa shape index (κ1) is 17.8. The lowest BCUT2D eigenvalue weighted by Gasteiger charge is -2.32. The molecule has 144 valence electrons. The van der Waals surface area contributed by atoms with Crippen molar-refractivity contribution in [1.82, 2.24) is 4.72 Å². The zero-order valence-corrected chi connectivity index (χ0v) is 16.5. The first-order valence-corrected chi connectivity index (χ1v) is 11.4. The van der Waals surface area contributed by atoms with Crippen molar-refractivity contribution in [1.29, 1.82) is 0 Å². The van der Waals surface area contributed by atoms with Crippen LogP contribution in [0.4, 0.5) is 0 Å². The number of hydrogen-bond acceptors (Lipinski definition) is 2. The molecule has 28 heavy (non-hydrogen) atoms. The molecule has 3 aromatic rings. The fourth-order valence-corrected chi connectivity index (χ4v) is 6.10. The first-order valence-electron chi connectivity index (χ1n) is 9.90. The lowest BCUT2D eigenvalue weighted by molar-refractivity contribution is -0.973. The van der Waals surface area contributed by atoms with Crippen LogP contribution in [0.1, 0.15) is 23.2 Å². The molecule has 0 spiro atoms. The Labute approximate surface area is 165 Å². The van der Waals surface area contributed by atoms with E-state index in [4.69, 9.17) is 0 Å². The summed E-state index contributed by atoms with van der Waals surface area (Å²) in [7, 11) is -3.60. The van der Waals surface area contributed by atoms with Crippen LogP contribution in [0.25, 0.3) is 10.8 Å². The molecule has 0 amide bonds. The van der Waals surface area contributed by atoms with Crippen LogP contribution in [0.15, 0.2) is 71.6 Å². The van der Waals surface area contributed by atoms with Gasteiger partial charge in [0.05, 0.1) is 4.90 Å². The number of nitrogens with two attached hydrogens (primary N) is 1. The Kier molecular flexibility index (Phi) is 4.44. The van der Waals surface area contributed by atoms with E-state index in [9.17, 15) is 8.42 Å². The number of quaternary nitrogens is 2. The van der Waals surface area contributed by atoms with Gasteiger partial charge in [0, 0.05) is 5.56 Å². The zero-order valence-electron chi connectivity index (χ0n) is 15.6. The van der Waals surface area contributed by atoms with Crippen molar-refractivity contribution in [3.05, 3.63) is 77.9 Å². The quantitative estimate of drug-likeness (QED) is 0.598. The molecule has 5 nitrogen and oxygen atoms in total. The van der Waals surface area contributed by atoms with Crippen molar-refractivity contribution >= 4 is 20.8 Å². The molecule has 1 aliphatic heterocycles. The van der Waals surface area contributed by atoms with E-state index in [1.807, 2.05) is 12.1 Å². The van der Waals surface area contributed by atoms with Gasteiger partial charge in [-0.15, -0.1) is 0 Å². The van der Waals surface area contributed by atoms with Gasteiger partial charge in [0.2, 0.25) is 10.0 Å². The highest BCUT2D eigenvalue weighted by Crippen LogP contribution is 2.43. The van der Waals surface area contributed by atoms with E-state index in [1.165, 1.54) is 21.2 Å². The summed E-state index contributed by atoms with van der Waals surface area (Å²) in [6.45, 7) is 4.24. The smallest absolute Gasteiger partial charge is 0.241 e. The highest BCUT2D eigenvalue weighted by Gasteiger charge is 2.44. The molecule has 1 heterocycles. The average Bonchev–Trinajstić information content (AvgIpc) is 3.04. The minimum atomic E-state index is -3.60. The van der Waals surface area contributed by atoms with Crippen LogP contribution in [0.3, 0.4) is 0 Å². The minimum absolute atomic E-state index is 0.105. The van der Waals surface area contributed by atoms with Gasteiger partial charge in [0.15, 0.2) is 0 Å². The van der Waals surface area contributed by atoms with Gasteiger partial charge in [-0.05, 0) is 28.5 Å². The third-order valence-electron chi connectivity index (χ3n) is 6.09. The second kappa shape index (κ2) is 6.97. The Balaban J connectivity index is 1.61. The van der Waals surface area contributed by atoms with Gasteiger partial charge in [-0.3, -0.25) is 0 Å². The van der Waals surface area contributed by atoms with Crippen LogP contribution >= 0.6 is 0 Å². The molecule has 3 aromatic carbocycles. The monoisotopic (exact) mass is 395 g/mol. The topological polar surface area (TPSA) is 67.2 Å². The van der Waals surface area contributed by atoms with Crippen LogP contribution in [0.2, 0.25) is 0 Å². The minimum Gasteiger partial charge on any atom is -0.337 e. The van der Waals surface area contributed by atoms with Crippen LogP contribution < -0.4 is 14.9 Å². The highest BCUT2D eigenvalue weighted by molar-refractivity contribution is 7.89. The molecule has 2 aliphatic rings. The Hall–Kier alpha value is -2.25. The summed E-state index contributed by atoms with van der Waals surface area (Å²) in [5, 5.41) is 4.75. The molecule has 2 atom stereocenters. The summed E-state index contributed by atoms with van der Waals surface area (Å²) < 4.78 is 29.4. The van der Waals surface area contributed by atoms with E-state index in [1.54, 1.807) is 24.3 Å². The van der Waals surface area contributed by atoms with Crippen LogP contribution in [0, 0.1) is 0 Å². The second-order valence-corrected chi connectivity index (χ2v) is 9.42.